The monoisotopic (exact) mass is 444 g/mol. The molecule has 0 bridgehead atoms. The van der Waals surface area contributed by atoms with E-state index in [2.05, 4.69) is 28.5 Å². The van der Waals surface area contributed by atoms with Crippen molar-refractivity contribution >= 4 is 28.7 Å². The fraction of sp³-hybridized carbons (Fsp3) is 0.240. The van der Waals surface area contributed by atoms with Gasteiger partial charge in [0.2, 0.25) is 11.4 Å². The minimum Gasteiger partial charge on any atom is -0.493 e. The van der Waals surface area contributed by atoms with Crippen LogP contribution in [0.4, 0.5) is 5.82 Å². The molecule has 0 amide bonds. The maximum absolute atomic E-state index is 9.85. The van der Waals surface area contributed by atoms with Crippen LogP contribution in [-0.4, -0.2) is 32.5 Å². The van der Waals surface area contributed by atoms with Gasteiger partial charge in [0.15, 0.2) is 11.5 Å². The largest absolute Gasteiger partial charge is 0.493 e. The van der Waals surface area contributed by atoms with Crippen molar-refractivity contribution in [3.8, 4) is 23.3 Å². The second-order valence-electron chi connectivity index (χ2n) is 7.45. The van der Waals surface area contributed by atoms with Gasteiger partial charge in [-0.05, 0) is 43.2 Å². The summed E-state index contributed by atoms with van der Waals surface area (Å²) in [6, 6.07) is 14.0. The average molecular weight is 445 g/mol. The average Bonchev–Trinajstić information content (AvgIpc) is 3.22. The second-order valence-corrected chi connectivity index (χ2v) is 7.45. The number of methoxy groups -OCH3 is 3. The molecule has 0 atom stereocenters. The molecule has 4 rings (SSSR count). The van der Waals surface area contributed by atoms with E-state index in [1.54, 1.807) is 27.5 Å². The number of nitrogens with one attached hydrogen (secondary N) is 2. The van der Waals surface area contributed by atoms with Gasteiger partial charge in [0.05, 0.1) is 27.5 Å². The molecule has 2 aromatic heterocycles. The fourth-order valence-corrected chi connectivity index (χ4v) is 4.16. The van der Waals surface area contributed by atoms with E-state index in [0.29, 0.717) is 22.8 Å². The van der Waals surface area contributed by atoms with Crippen molar-refractivity contribution in [2.75, 3.05) is 26.8 Å². The van der Waals surface area contributed by atoms with Crippen LogP contribution in [0.3, 0.4) is 0 Å². The van der Waals surface area contributed by atoms with Gasteiger partial charge < -0.3 is 14.2 Å². The maximum Gasteiger partial charge on any atom is 0.253 e. The summed E-state index contributed by atoms with van der Waals surface area (Å²) in [4.78, 5) is 3.38. The Morgan fingerprint density at radius 2 is 1.82 bits per heavy atom. The van der Waals surface area contributed by atoms with Crippen LogP contribution in [0.15, 0.2) is 41.5 Å². The van der Waals surface area contributed by atoms with Crippen LogP contribution in [0.1, 0.15) is 29.2 Å². The Balaban J connectivity index is 1.85. The molecule has 168 valence electrons. The minimum atomic E-state index is 0.525. The van der Waals surface area contributed by atoms with Crippen LogP contribution < -0.4 is 24.0 Å². The molecule has 0 radical (unpaired) electrons. The Morgan fingerprint density at radius 3 is 2.42 bits per heavy atom. The van der Waals surface area contributed by atoms with E-state index in [0.717, 1.165) is 45.6 Å². The second kappa shape index (κ2) is 9.09. The highest BCUT2D eigenvalue weighted by Gasteiger charge is 2.24. The van der Waals surface area contributed by atoms with Gasteiger partial charge >= 0.3 is 0 Å². The molecule has 2 heterocycles. The molecule has 8 nitrogen and oxygen atoms in total. The van der Waals surface area contributed by atoms with Gasteiger partial charge in [0.25, 0.3) is 5.82 Å². The number of anilines is 1. The molecule has 4 aromatic rings. The van der Waals surface area contributed by atoms with Gasteiger partial charge in [-0.25, -0.2) is 0 Å². The van der Waals surface area contributed by atoms with E-state index in [4.69, 9.17) is 14.2 Å². The Labute approximate surface area is 192 Å². The number of hydrogen-bond acceptors (Lipinski definition) is 6. The lowest BCUT2D eigenvalue weighted by Crippen LogP contribution is -2.28. The van der Waals surface area contributed by atoms with Crippen molar-refractivity contribution in [2.24, 2.45) is 5.10 Å². The predicted molar refractivity (Wildman–Crippen MR) is 128 cm³/mol. The highest BCUT2D eigenvalue weighted by atomic mass is 16.5. The summed E-state index contributed by atoms with van der Waals surface area (Å²) in [5, 5.41) is 14.4. The van der Waals surface area contributed by atoms with E-state index in [9.17, 15) is 5.26 Å². The summed E-state index contributed by atoms with van der Waals surface area (Å²) < 4.78 is 18.3. The van der Waals surface area contributed by atoms with Crippen molar-refractivity contribution in [3.05, 3.63) is 58.7 Å². The molecule has 0 saturated carbocycles. The number of fused-ring (bicyclic) bond motifs is 3. The zero-order valence-electron chi connectivity index (χ0n) is 19.3. The summed E-state index contributed by atoms with van der Waals surface area (Å²) in [6.45, 7) is 4.04. The molecule has 0 unspecified atom stereocenters. The number of rotatable bonds is 7. The molecule has 0 fully saturated rings. The van der Waals surface area contributed by atoms with Crippen molar-refractivity contribution in [3.63, 3.8) is 0 Å². The third-order valence-corrected chi connectivity index (χ3v) is 5.73. The molecule has 2 N–H and O–H groups in total. The van der Waals surface area contributed by atoms with Crippen LogP contribution in [0, 0.1) is 18.3 Å². The number of nitrogens with zero attached hydrogens (tertiary/aromatic N) is 3. The highest BCUT2D eigenvalue weighted by molar-refractivity contribution is 5.83. The summed E-state index contributed by atoms with van der Waals surface area (Å²) in [7, 11) is 4.72. The molecule has 33 heavy (non-hydrogen) atoms. The zero-order valence-corrected chi connectivity index (χ0v) is 19.3. The number of benzene rings is 2. The number of nitriles is 1. The summed E-state index contributed by atoms with van der Waals surface area (Å²) in [6.07, 6.45) is 2.43. The van der Waals surface area contributed by atoms with Crippen molar-refractivity contribution < 1.29 is 18.6 Å². The first-order chi connectivity index (χ1) is 16.1. The molecule has 0 saturated heterocycles. The number of aromatic nitrogens is 2. The smallest absolute Gasteiger partial charge is 0.253 e. The van der Waals surface area contributed by atoms with E-state index in [1.165, 1.54) is 0 Å². The lowest BCUT2D eigenvalue weighted by molar-refractivity contribution is -0.465. The topological polar surface area (TPSA) is 95.8 Å². The van der Waals surface area contributed by atoms with Crippen LogP contribution in [0.5, 0.6) is 17.2 Å². The number of hydrogen-bond donors (Lipinski definition) is 2. The normalized spacial score (nSPS) is 11.2. The van der Waals surface area contributed by atoms with Gasteiger partial charge in [-0.1, -0.05) is 19.1 Å². The molecule has 0 aliphatic heterocycles. The van der Waals surface area contributed by atoms with E-state index in [-0.39, 0.29) is 0 Å². The number of aromatic amines is 1. The molecule has 0 aliphatic rings. The van der Waals surface area contributed by atoms with Gasteiger partial charge in [0.1, 0.15) is 22.7 Å². The Bertz CT molecular complexity index is 1390. The maximum atomic E-state index is 9.85. The number of pyridine rings is 1. The predicted octanol–water partition coefficient (Wildman–Crippen LogP) is 4.12. The first kappa shape index (κ1) is 22.0. The minimum absolute atomic E-state index is 0.525. The number of H-pyrrole nitrogens is 1. The Kier molecular flexibility index (Phi) is 6.05. The molecule has 2 aromatic carbocycles. The van der Waals surface area contributed by atoms with Crippen molar-refractivity contribution in [2.45, 2.75) is 20.3 Å². The lowest BCUT2D eigenvalue weighted by atomic mass is 10.0. The fourth-order valence-electron chi connectivity index (χ4n) is 4.16. The first-order valence-corrected chi connectivity index (χ1v) is 10.5. The van der Waals surface area contributed by atoms with Crippen LogP contribution >= 0.6 is 0 Å². The van der Waals surface area contributed by atoms with Crippen molar-refractivity contribution in [1.29, 1.82) is 5.26 Å². The first-order valence-electron chi connectivity index (χ1n) is 10.5. The number of hydrazone groups is 1. The van der Waals surface area contributed by atoms with Crippen LogP contribution in [-0.2, 0) is 6.42 Å². The van der Waals surface area contributed by atoms with Crippen molar-refractivity contribution in [1.82, 2.24) is 4.98 Å². The van der Waals surface area contributed by atoms with Gasteiger partial charge in [-0.2, -0.15) is 15.1 Å². The van der Waals surface area contributed by atoms with E-state index < -0.39 is 0 Å². The number of para-hydroxylation sites is 2. The molecule has 0 spiro atoms. The standard InChI is InChI=1S/C25H25N5O3/c1-6-17-15(2)18(13-26)24-28-19-9-7-8-10-20(19)30(24)25(17)29-27-14-16-11-21(31-3)23(33-5)22(12-16)32-4/h7-12,14H,6H2,1-5H3,(H,28,29)/p+1. The zero-order chi connectivity index (χ0) is 23.5. The SMILES string of the molecule is CCc1c(C)c(C#N)c2[nH]c3ccccc3[n+]2c1NN=Cc1cc(OC)c(OC)c(OC)c1. The highest BCUT2D eigenvalue weighted by Crippen LogP contribution is 2.37. The van der Waals surface area contributed by atoms with Gasteiger partial charge in [-0.15, -0.1) is 5.10 Å². The number of ether oxygens (including phenoxy) is 3. The summed E-state index contributed by atoms with van der Waals surface area (Å²) in [5.74, 6) is 2.44. The molecule has 0 aliphatic carbocycles. The molecule has 8 heteroatoms. The van der Waals surface area contributed by atoms with Crippen LogP contribution in [0.2, 0.25) is 0 Å². The quantitative estimate of drug-likeness (QED) is 0.254. The van der Waals surface area contributed by atoms with Gasteiger partial charge in [-0.3, -0.25) is 4.98 Å². The third-order valence-electron chi connectivity index (χ3n) is 5.73. The van der Waals surface area contributed by atoms with E-state index in [1.807, 2.05) is 47.7 Å². The summed E-state index contributed by atoms with van der Waals surface area (Å²) in [5.41, 5.74) is 9.22. The molecular formula is C25H26N5O3+. The Hall–Kier alpha value is -4.25. The Morgan fingerprint density at radius 1 is 1.12 bits per heavy atom. The molecular weight excluding hydrogens is 418 g/mol. The number of imidazole rings is 1. The lowest BCUT2D eigenvalue weighted by Gasteiger charge is -2.12. The summed E-state index contributed by atoms with van der Waals surface area (Å²) >= 11 is 0. The van der Waals surface area contributed by atoms with Gasteiger partial charge in [0, 0.05) is 11.1 Å². The third kappa shape index (κ3) is 3.68. The van der Waals surface area contributed by atoms with E-state index >= 15 is 0 Å². The van der Waals surface area contributed by atoms with Crippen LogP contribution in [0.25, 0.3) is 16.7 Å².